The normalized spacial score (nSPS) is 11.7. The van der Waals surface area contributed by atoms with Crippen molar-refractivity contribution in [2.45, 2.75) is 6.92 Å². The Morgan fingerprint density at radius 2 is 2.17 bits per heavy atom. The summed E-state index contributed by atoms with van der Waals surface area (Å²) in [7, 11) is 0. The van der Waals surface area contributed by atoms with Gasteiger partial charge in [-0.3, -0.25) is 0 Å². The van der Waals surface area contributed by atoms with E-state index in [2.05, 4.69) is 21.0 Å². The average Bonchev–Trinajstić information content (AvgIpc) is 2.08. The van der Waals surface area contributed by atoms with Crippen molar-refractivity contribution >= 4 is 21.8 Å². The van der Waals surface area contributed by atoms with E-state index in [9.17, 15) is 0 Å². The highest BCUT2D eigenvalue weighted by atomic mass is 79.9. The molecule has 1 aromatic carbocycles. The Morgan fingerprint density at radius 3 is 2.67 bits per heavy atom. The van der Waals surface area contributed by atoms with Crippen LogP contribution in [0.4, 0.5) is 0 Å². The third-order valence-electron chi connectivity index (χ3n) is 1.61. The summed E-state index contributed by atoms with van der Waals surface area (Å²) in [6.45, 7) is 2.00. The van der Waals surface area contributed by atoms with Crippen LogP contribution < -0.4 is 11.6 Å². The van der Waals surface area contributed by atoms with Crippen molar-refractivity contribution in [3.63, 3.8) is 0 Å². The molecule has 0 bridgehead atoms. The second-order valence-electron chi connectivity index (χ2n) is 2.48. The maximum absolute atomic E-state index is 5.52. The summed E-state index contributed by atoms with van der Waals surface area (Å²) >= 11 is 3.39. The lowest BCUT2D eigenvalue weighted by molar-refractivity contribution is 1.23. The molecule has 0 atom stereocenters. The van der Waals surface area contributed by atoms with Crippen LogP contribution in [0, 0.1) is 6.92 Å². The van der Waals surface area contributed by atoms with E-state index in [1.165, 1.54) is 0 Å². The van der Waals surface area contributed by atoms with Crippen LogP contribution in [0.2, 0.25) is 0 Å². The van der Waals surface area contributed by atoms with Crippen LogP contribution in [0.1, 0.15) is 11.1 Å². The maximum atomic E-state index is 5.52. The molecule has 1 aromatic rings. The number of hydrazone groups is 1. The number of rotatable bonds is 1. The third-order valence-corrected chi connectivity index (χ3v) is 2.46. The fourth-order valence-corrected chi connectivity index (χ4v) is 1.21. The van der Waals surface area contributed by atoms with Gasteiger partial charge in [-0.1, -0.05) is 28.1 Å². The van der Waals surface area contributed by atoms with Crippen molar-refractivity contribution < 1.29 is 0 Å². The highest BCUT2D eigenvalue weighted by Gasteiger charge is 2.00. The van der Waals surface area contributed by atoms with Crippen molar-refractivity contribution in [2.24, 2.45) is 16.7 Å². The zero-order chi connectivity index (χ0) is 9.14. The van der Waals surface area contributed by atoms with Crippen LogP contribution in [0.15, 0.2) is 27.8 Å². The van der Waals surface area contributed by atoms with E-state index < -0.39 is 0 Å². The number of halogens is 1. The van der Waals surface area contributed by atoms with Gasteiger partial charge in [0.15, 0.2) is 0 Å². The molecular formula is C8H10BrN3. The second-order valence-corrected chi connectivity index (χ2v) is 3.33. The van der Waals surface area contributed by atoms with E-state index >= 15 is 0 Å². The van der Waals surface area contributed by atoms with Gasteiger partial charge in [0.25, 0.3) is 0 Å². The Hall–Kier alpha value is -1.03. The van der Waals surface area contributed by atoms with Gasteiger partial charge in [0.05, 0.1) is 0 Å². The van der Waals surface area contributed by atoms with E-state index in [-0.39, 0.29) is 0 Å². The van der Waals surface area contributed by atoms with Crippen molar-refractivity contribution in [3.05, 3.63) is 33.8 Å². The van der Waals surface area contributed by atoms with E-state index in [0.717, 1.165) is 15.6 Å². The van der Waals surface area contributed by atoms with Crippen molar-refractivity contribution in [3.8, 4) is 0 Å². The number of hydrogen-bond donors (Lipinski definition) is 2. The minimum atomic E-state index is 0.343. The van der Waals surface area contributed by atoms with Gasteiger partial charge in [0, 0.05) is 10.0 Å². The molecule has 0 saturated carbocycles. The first-order chi connectivity index (χ1) is 5.65. The second kappa shape index (κ2) is 3.58. The molecule has 3 nitrogen and oxygen atoms in total. The van der Waals surface area contributed by atoms with Gasteiger partial charge in [-0.25, -0.2) is 0 Å². The number of nitrogens with zero attached hydrogens (tertiary/aromatic N) is 1. The SMILES string of the molecule is Cc1ccc(/C(N)=N/N)cc1Br. The topological polar surface area (TPSA) is 64.4 Å². The van der Waals surface area contributed by atoms with Gasteiger partial charge in [0.2, 0.25) is 0 Å². The summed E-state index contributed by atoms with van der Waals surface area (Å²) in [4.78, 5) is 0. The first-order valence-corrected chi connectivity index (χ1v) is 4.24. The Labute approximate surface area is 79.6 Å². The van der Waals surface area contributed by atoms with Crippen molar-refractivity contribution in [1.29, 1.82) is 0 Å². The minimum absolute atomic E-state index is 0.343. The standard InChI is InChI=1S/C8H10BrN3/c1-5-2-3-6(4-7(5)9)8(10)12-11/h2-4H,11H2,1H3,(H2,10,12). The maximum Gasteiger partial charge on any atom is 0.150 e. The molecule has 0 radical (unpaired) electrons. The van der Waals surface area contributed by atoms with E-state index in [1.54, 1.807) is 0 Å². The Kier molecular flexibility index (Phi) is 2.70. The predicted molar refractivity (Wildman–Crippen MR) is 53.8 cm³/mol. The number of benzene rings is 1. The van der Waals surface area contributed by atoms with Gasteiger partial charge in [-0.2, -0.15) is 5.10 Å². The van der Waals surface area contributed by atoms with E-state index in [0.29, 0.717) is 5.84 Å². The van der Waals surface area contributed by atoms with Crippen LogP contribution in [0.3, 0.4) is 0 Å². The lowest BCUT2D eigenvalue weighted by Crippen LogP contribution is -2.15. The predicted octanol–water partition coefficient (Wildman–Crippen LogP) is 1.34. The largest absolute Gasteiger partial charge is 0.382 e. The highest BCUT2D eigenvalue weighted by Crippen LogP contribution is 2.16. The molecule has 4 heteroatoms. The van der Waals surface area contributed by atoms with Gasteiger partial charge in [-0.15, -0.1) is 0 Å². The van der Waals surface area contributed by atoms with E-state index in [1.807, 2.05) is 25.1 Å². The summed E-state index contributed by atoms with van der Waals surface area (Å²) in [6, 6.07) is 5.73. The van der Waals surface area contributed by atoms with E-state index in [4.69, 9.17) is 11.6 Å². The molecule has 12 heavy (non-hydrogen) atoms. The Balaban J connectivity index is 3.13. The molecule has 64 valence electrons. The molecule has 1 rings (SSSR count). The molecule has 0 heterocycles. The van der Waals surface area contributed by atoms with Gasteiger partial charge >= 0.3 is 0 Å². The summed E-state index contributed by atoms with van der Waals surface area (Å²) in [6.07, 6.45) is 0. The smallest absolute Gasteiger partial charge is 0.150 e. The molecule has 0 amide bonds. The molecule has 4 N–H and O–H groups in total. The number of nitrogens with two attached hydrogens (primary N) is 2. The molecule has 0 aromatic heterocycles. The molecule has 0 aliphatic rings. The van der Waals surface area contributed by atoms with Gasteiger partial charge in [0.1, 0.15) is 5.84 Å². The Bertz CT molecular complexity index is 320. The summed E-state index contributed by atoms with van der Waals surface area (Å²) < 4.78 is 1.01. The Morgan fingerprint density at radius 1 is 1.50 bits per heavy atom. The zero-order valence-corrected chi connectivity index (χ0v) is 8.30. The van der Waals surface area contributed by atoms with Crippen LogP contribution in [-0.2, 0) is 0 Å². The third kappa shape index (κ3) is 1.76. The molecular weight excluding hydrogens is 218 g/mol. The zero-order valence-electron chi connectivity index (χ0n) is 6.71. The molecule has 0 unspecified atom stereocenters. The van der Waals surface area contributed by atoms with Gasteiger partial charge < -0.3 is 11.6 Å². The highest BCUT2D eigenvalue weighted by molar-refractivity contribution is 9.10. The molecule has 0 spiro atoms. The summed E-state index contributed by atoms with van der Waals surface area (Å²) in [5, 5.41) is 3.40. The van der Waals surface area contributed by atoms with Crippen LogP contribution in [-0.4, -0.2) is 5.84 Å². The first kappa shape index (κ1) is 9.06. The lowest BCUT2D eigenvalue weighted by Gasteiger charge is -2.01. The van der Waals surface area contributed by atoms with Crippen LogP contribution >= 0.6 is 15.9 Å². The molecule has 0 aliphatic heterocycles. The van der Waals surface area contributed by atoms with Gasteiger partial charge in [-0.05, 0) is 18.6 Å². The molecule has 0 aliphatic carbocycles. The van der Waals surface area contributed by atoms with Crippen molar-refractivity contribution in [2.75, 3.05) is 0 Å². The van der Waals surface area contributed by atoms with Crippen molar-refractivity contribution in [1.82, 2.24) is 0 Å². The number of hydrogen-bond acceptors (Lipinski definition) is 2. The molecule has 0 saturated heterocycles. The minimum Gasteiger partial charge on any atom is -0.382 e. The van der Waals surface area contributed by atoms with Crippen LogP contribution in [0.5, 0.6) is 0 Å². The van der Waals surface area contributed by atoms with Crippen LogP contribution in [0.25, 0.3) is 0 Å². The summed E-state index contributed by atoms with van der Waals surface area (Å²) in [5.74, 6) is 5.38. The fourth-order valence-electron chi connectivity index (χ4n) is 0.827. The average molecular weight is 228 g/mol. The molecule has 0 fully saturated rings. The lowest BCUT2D eigenvalue weighted by atomic mass is 10.1. The summed E-state index contributed by atoms with van der Waals surface area (Å²) in [5.41, 5.74) is 7.50. The monoisotopic (exact) mass is 227 g/mol. The first-order valence-electron chi connectivity index (χ1n) is 3.45. The number of aryl methyl sites for hydroxylation is 1. The number of amidine groups is 1. The quantitative estimate of drug-likeness (QED) is 0.329. The fraction of sp³-hybridized carbons (Fsp3) is 0.125.